The molecular formula is C9H16O2. The quantitative estimate of drug-likeness (QED) is 0.319. The zero-order valence-corrected chi connectivity index (χ0v) is 7.08. The van der Waals surface area contributed by atoms with Crippen LogP contribution in [0.1, 0.15) is 12.8 Å². The topological polar surface area (TPSA) is 18.5 Å². The summed E-state index contributed by atoms with van der Waals surface area (Å²) in [5, 5.41) is 0. The fourth-order valence-corrected chi connectivity index (χ4v) is 0.611. The van der Waals surface area contributed by atoms with E-state index in [1.807, 2.05) is 0 Å². The number of ether oxygens (including phenoxy) is 2. The highest BCUT2D eigenvalue weighted by Crippen LogP contribution is 1.90. The molecule has 0 aromatic heterocycles. The van der Waals surface area contributed by atoms with Gasteiger partial charge in [0, 0.05) is 13.7 Å². The van der Waals surface area contributed by atoms with E-state index in [9.17, 15) is 0 Å². The van der Waals surface area contributed by atoms with E-state index in [-0.39, 0.29) is 0 Å². The van der Waals surface area contributed by atoms with E-state index in [2.05, 4.69) is 6.58 Å². The SMILES string of the molecule is C=CC=COCCCCOC. The number of hydrogen-bond acceptors (Lipinski definition) is 2. The molecule has 0 N–H and O–H groups in total. The molecule has 0 aliphatic rings. The molecule has 0 spiro atoms. The van der Waals surface area contributed by atoms with Crippen LogP contribution in [0.5, 0.6) is 0 Å². The van der Waals surface area contributed by atoms with E-state index in [1.165, 1.54) is 0 Å². The Kier molecular flexibility index (Phi) is 8.60. The first-order valence-corrected chi connectivity index (χ1v) is 3.80. The second kappa shape index (κ2) is 9.24. The van der Waals surface area contributed by atoms with Crippen molar-refractivity contribution in [3.8, 4) is 0 Å². The highest BCUT2D eigenvalue weighted by Gasteiger charge is 1.84. The maximum Gasteiger partial charge on any atom is 0.0874 e. The Labute approximate surface area is 68.5 Å². The van der Waals surface area contributed by atoms with Crippen LogP contribution in [0.3, 0.4) is 0 Å². The van der Waals surface area contributed by atoms with Crippen molar-refractivity contribution in [3.63, 3.8) is 0 Å². The second-order valence-electron chi connectivity index (χ2n) is 2.13. The van der Waals surface area contributed by atoms with Gasteiger partial charge >= 0.3 is 0 Å². The minimum absolute atomic E-state index is 0.758. The minimum atomic E-state index is 0.758. The van der Waals surface area contributed by atoms with E-state index in [0.29, 0.717) is 0 Å². The standard InChI is InChI=1S/C9H16O2/c1-3-4-8-11-9-6-5-7-10-2/h3-4,8H,1,5-7,9H2,2H3. The molecule has 0 aliphatic heterocycles. The van der Waals surface area contributed by atoms with Crippen LogP contribution in [-0.4, -0.2) is 20.3 Å². The van der Waals surface area contributed by atoms with E-state index >= 15 is 0 Å². The van der Waals surface area contributed by atoms with Gasteiger partial charge in [0.05, 0.1) is 12.9 Å². The van der Waals surface area contributed by atoms with Crippen LogP contribution in [0.15, 0.2) is 25.0 Å². The molecule has 0 aliphatic carbocycles. The van der Waals surface area contributed by atoms with Gasteiger partial charge in [0.2, 0.25) is 0 Å². The van der Waals surface area contributed by atoms with Crippen LogP contribution in [0.25, 0.3) is 0 Å². The predicted molar refractivity (Wildman–Crippen MR) is 46.4 cm³/mol. The van der Waals surface area contributed by atoms with E-state index in [0.717, 1.165) is 26.1 Å². The molecule has 0 radical (unpaired) electrons. The van der Waals surface area contributed by atoms with Gasteiger partial charge in [0.1, 0.15) is 0 Å². The first kappa shape index (κ1) is 10.2. The largest absolute Gasteiger partial charge is 0.501 e. The van der Waals surface area contributed by atoms with Crippen molar-refractivity contribution in [2.75, 3.05) is 20.3 Å². The first-order chi connectivity index (χ1) is 5.41. The molecule has 0 rings (SSSR count). The van der Waals surface area contributed by atoms with Crippen LogP contribution in [0, 0.1) is 0 Å². The molecule has 0 aromatic rings. The fourth-order valence-electron chi connectivity index (χ4n) is 0.611. The van der Waals surface area contributed by atoms with Crippen molar-refractivity contribution in [2.45, 2.75) is 12.8 Å². The van der Waals surface area contributed by atoms with E-state index < -0.39 is 0 Å². The van der Waals surface area contributed by atoms with Gasteiger partial charge in [-0.05, 0) is 18.9 Å². The molecule has 0 heterocycles. The van der Waals surface area contributed by atoms with Gasteiger partial charge in [0.25, 0.3) is 0 Å². The van der Waals surface area contributed by atoms with Gasteiger partial charge in [-0.25, -0.2) is 0 Å². The lowest BCUT2D eigenvalue weighted by atomic mass is 10.3. The smallest absolute Gasteiger partial charge is 0.0874 e. The van der Waals surface area contributed by atoms with Crippen LogP contribution >= 0.6 is 0 Å². The van der Waals surface area contributed by atoms with Crippen molar-refractivity contribution in [1.82, 2.24) is 0 Å². The van der Waals surface area contributed by atoms with Gasteiger partial charge in [-0.3, -0.25) is 0 Å². The Balaban J connectivity index is 2.90. The molecule has 0 unspecified atom stereocenters. The van der Waals surface area contributed by atoms with Crippen LogP contribution in [0.4, 0.5) is 0 Å². The fraction of sp³-hybridized carbons (Fsp3) is 0.556. The summed E-state index contributed by atoms with van der Waals surface area (Å²) in [6.07, 6.45) is 7.21. The van der Waals surface area contributed by atoms with Gasteiger partial charge in [-0.1, -0.05) is 12.7 Å². The Bertz CT molecular complexity index is 108. The third kappa shape index (κ3) is 9.24. The molecule has 11 heavy (non-hydrogen) atoms. The van der Waals surface area contributed by atoms with E-state index in [1.54, 1.807) is 25.5 Å². The lowest BCUT2D eigenvalue weighted by Crippen LogP contribution is -1.92. The van der Waals surface area contributed by atoms with Gasteiger partial charge in [0.15, 0.2) is 0 Å². The van der Waals surface area contributed by atoms with Crippen molar-refractivity contribution < 1.29 is 9.47 Å². The molecule has 0 bridgehead atoms. The number of rotatable bonds is 7. The monoisotopic (exact) mass is 156 g/mol. The molecule has 0 atom stereocenters. The number of methoxy groups -OCH3 is 1. The molecule has 2 heteroatoms. The van der Waals surface area contributed by atoms with Crippen LogP contribution in [-0.2, 0) is 9.47 Å². The molecule has 0 saturated carbocycles. The van der Waals surface area contributed by atoms with Gasteiger partial charge < -0.3 is 9.47 Å². The Hall–Kier alpha value is -0.760. The van der Waals surface area contributed by atoms with E-state index in [4.69, 9.17) is 9.47 Å². The summed E-state index contributed by atoms with van der Waals surface area (Å²) in [5.74, 6) is 0. The predicted octanol–water partition coefficient (Wildman–Crippen LogP) is 2.13. The zero-order valence-electron chi connectivity index (χ0n) is 7.08. The number of hydrogen-bond donors (Lipinski definition) is 0. The summed E-state index contributed by atoms with van der Waals surface area (Å²) in [7, 11) is 1.71. The number of unbranched alkanes of at least 4 members (excludes halogenated alkanes) is 1. The average Bonchev–Trinajstić information content (AvgIpc) is 2.03. The molecular weight excluding hydrogens is 140 g/mol. The number of allylic oxidation sites excluding steroid dienone is 2. The van der Waals surface area contributed by atoms with Crippen LogP contribution in [0.2, 0.25) is 0 Å². The minimum Gasteiger partial charge on any atom is -0.501 e. The molecule has 64 valence electrons. The molecule has 0 saturated heterocycles. The lowest BCUT2D eigenvalue weighted by molar-refractivity contribution is 0.175. The highest BCUT2D eigenvalue weighted by molar-refractivity contribution is 4.92. The summed E-state index contributed by atoms with van der Waals surface area (Å²) in [4.78, 5) is 0. The third-order valence-corrected chi connectivity index (χ3v) is 1.17. The molecule has 0 fully saturated rings. The Morgan fingerprint density at radius 3 is 2.64 bits per heavy atom. The third-order valence-electron chi connectivity index (χ3n) is 1.17. The maximum atomic E-state index is 5.11. The average molecular weight is 156 g/mol. The van der Waals surface area contributed by atoms with Crippen molar-refractivity contribution in [2.24, 2.45) is 0 Å². The normalized spacial score (nSPS) is 10.3. The van der Waals surface area contributed by atoms with Gasteiger partial charge in [-0.15, -0.1) is 0 Å². The highest BCUT2D eigenvalue weighted by atomic mass is 16.5. The summed E-state index contributed by atoms with van der Waals surface area (Å²) in [5.41, 5.74) is 0. The first-order valence-electron chi connectivity index (χ1n) is 3.80. The molecule has 0 amide bonds. The molecule has 0 aromatic carbocycles. The Morgan fingerprint density at radius 2 is 2.00 bits per heavy atom. The van der Waals surface area contributed by atoms with Crippen LogP contribution < -0.4 is 0 Å². The Morgan fingerprint density at radius 1 is 1.27 bits per heavy atom. The van der Waals surface area contributed by atoms with Gasteiger partial charge in [-0.2, -0.15) is 0 Å². The maximum absolute atomic E-state index is 5.11. The van der Waals surface area contributed by atoms with Crippen molar-refractivity contribution in [3.05, 3.63) is 25.0 Å². The molecule has 2 nitrogen and oxygen atoms in total. The summed E-state index contributed by atoms with van der Waals surface area (Å²) in [6.45, 7) is 5.09. The zero-order chi connectivity index (χ0) is 8.36. The summed E-state index contributed by atoms with van der Waals surface area (Å²) >= 11 is 0. The lowest BCUT2D eigenvalue weighted by Gasteiger charge is -1.99. The van der Waals surface area contributed by atoms with Crippen molar-refractivity contribution in [1.29, 1.82) is 0 Å². The summed E-state index contributed by atoms with van der Waals surface area (Å²) in [6, 6.07) is 0. The van der Waals surface area contributed by atoms with Crippen molar-refractivity contribution >= 4 is 0 Å². The summed E-state index contributed by atoms with van der Waals surface area (Å²) < 4.78 is 9.99. The second-order valence-corrected chi connectivity index (χ2v) is 2.13.